The number of nitriles is 1. The highest BCUT2D eigenvalue weighted by Crippen LogP contribution is 2.33. The molecule has 1 aliphatic heterocycles. The first-order valence-electron chi connectivity index (χ1n) is 10.4. The average Bonchev–Trinajstić information content (AvgIpc) is 3.33. The summed E-state index contributed by atoms with van der Waals surface area (Å²) >= 11 is 5.92. The van der Waals surface area contributed by atoms with Gasteiger partial charge in [0.1, 0.15) is 11.6 Å². The van der Waals surface area contributed by atoms with Gasteiger partial charge >= 0.3 is 0 Å². The third-order valence-corrected chi connectivity index (χ3v) is 5.42. The molecule has 172 valence electrons. The van der Waals surface area contributed by atoms with Crippen LogP contribution in [0.5, 0.6) is 11.5 Å². The number of halogens is 1. The molecule has 0 fully saturated rings. The van der Waals surface area contributed by atoms with Crippen LogP contribution >= 0.6 is 11.6 Å². The summed E-state index contributed by atoms with van der Waals surface area (Å²) in [6.07, 6.45) is 0. The van der Waals surface area contributed by atoms with Gasteiger partial charge < -0.3 is 20.1 Å². The molecule has 4 aromatic rings. The van der Waals surface area contributed by atoms with E-state index in [4.69, 9.17) is 21.1 Å². The fourth-order valence-electron chi connectivity index (χ4n) is 3.50. The van der Waals surface area contributed by atoms with Crippen LogP contribution in [0, 0.1) is 11.3 Å². The van der Waals surface area contributed by atoms with E-state index >= 15 is 0 Å². The average molecular weight is 486 g/mol. The Labute approximate surface area is 203 Å². The van der Waals surface area contributed by atoms with Crippen LogP contribution in [0.15, 0.2) is 71.5 Å². The zero-order chi connectivity index (χ0) is 24.4. The summed E-state index contributed by atoms with van der Waals surface area (Å²) in [4.78, 5) is 32.4. The molecule has 0 aliphatic carbocycles. The molecule has 1 amide bonds. The Morgan fingerprint density at radius 2 is 1.83 bits per heavy atom. The highest BCUT2D eigenvalue weighted by Gasteiger charge is 2.18. The predicted octanol–water partition coefficient (Wildman–Crippen LogP) is 4.69. The Morgan fingerprint density at radius 1 is 1.03 bits per heavy atom. The number of aromatic nitrogens is 2. The van der Waals surface area contributed by atoms with E-state index in [1.807, 2.05) is 6.07 Å². The van der Waals surface area contributed by atoms with E-state index in [1.165, 1.54) is 0 Å². The Morgan fingerprint density at radius 3 is 2.63 bits per heavy atom. The predicted molar refractivity (Wildman–Crippen MR) is 130 cm³/mol. The molecule has 0 spiro atoms. The zero-order valence-corrected chi connectivity index (χ0v) is 18.7. The van der Waals surface area contributed by atoms with Gasteiger partial charge in [-0.2, -0.15) is 5.26 Å². The van der Waals surface area contributed by atoms with Crippen LogP contribution in [-0.2, 0) is 0 Å². The number of ether oxygens (including phenoxy) is 2. The standard InChI is InChI=1S/C25H16ClN5O4/c26-16-5-7-17(8-6-16)29-25-30-22(19(12-27)24(33)31-25)14-2-1-3-18(10-14)28-23(32)15-4-9-20-21(11-15)35-13-34-20/h1-11H,13H2,(H,28,32)(H2,29,30,31,33). The number of H-pyrrole nitrogens is 1. The van der Waals surface area contributed by atoms with E-state index < -0.39 is 5.56 Å². The van der Waals surface area contributed by atoms with Crippen molar-refractivity contribution in [3.63, 3.8) is 0 Å². The second-order valence-electron chi connectivity index (χ2n) is 7.48. The second-order valence-corrected chi connectivity index (χ2v) is 7.92. The first kappa shape index (κ1) is 22.0. The van der Waals surface area contributed by atoms with Crippen LogP contribution in [0.2, 0.25) is 5.02 Å². The Balaban J connectivity index is 1.44. The van der Waals surface area contributed by atoms with Gasteiger partial charge in [0, 0.05) is 27.5 Å². The van der Waals surface area contributed by atoms with Gasteiger partial charge in [-0.15, -0.1) is 0 Å². The van der Waals surface area contributed by atoms with Crippen LogP contribution in [0.1, 0.15) is 15.9 Å². The summed E-state index contributed by atoms with van der Waals surface area (Å²) in [6.45, 7) is 0.113. The molecule has 0 atom stereocenters. The third-order valence-electron chi connectivity index (χ3n) is 5.17. The van der Waals surface area contributed by atoms with Crippen molar-refractivity contribution in [2.75, 3.05) is 17.4 Å². The number of nitrogens with one attached hydrogen (secondary N) is 3. The van der Waals surface area contributed by atoms with Gasteiger partial charge in [-0.1, -0.05) is 23.7 Å². The van der Waals surface area contributed by atoms with Crippen LogP contribution < -0.4 is 25.7 Å². The number of nitrogens with zero attached hydrogens (tertiary/aromatic N) is 2. The number of hydrogen-bond acceptors (Lipinski definition) is 7. The minimum absolute atomic E-state index is 0.113. The first-order chi connectivity index (χ1) is 17.0. The highest BCUT2D eigenvalue weighted by molar-refractivity contribution is 6.30. The summed E-state index contributed by atoms with van der Waals surface area (Å²) in [6, 6.07) is 20.4. The van der Waals surface area contributed by atoms with Gasteiger partial charge in [-0.3, -0.25) is 14.6 Å². The largest absolute Gasteiger partial charge is 0.454 e. The number of aromatic amines is 1. The van der Waals surface area contributed by atoms with Crippen molar-refractivity contribution in [3.8, 4) is 28.8 Å². The van der Waals surface area contributed by atoms with Crippen LogP contribution in [0.3, 0.4) is 0 Å². The molecule has 1 aliphatic rings. The number of anilines is 3. The van der Waals surface area contributed by atoms with Crippen LogP contribution in [0.4, 0.5) is 17.3 Å². The maximum atomic E-state index is 12.8. The molecule has 10 heteroatoms. The van der Waals surface area contributed by atoms with E-state index in [0.29, 0.717) is 39.0 Å². The molecule has 2 heterocycles. The molecule has 1 aromatic heterocycles. The molecule has 0 radical (unpaired) electrons. The van der Waals surface area contributed by atoms with Crippen molar-refractivity contribution in [2.45, 2.75) is 0 Å². The SMILES string of the molecule is N#Cc1c(-c2cccc(NC(=O)c3ccc4c(c3)OCO4)c2)nc(Nc2ccc(Cl)cc2)[nH]c1=O. The van der Waals surface area contributed by atoms with Gasteiger partial charge in [-0.25, -0.2) is 4.98 Å². The zero-order valence-electron chi connectivity index (χ0n) is 18.0. The topological polar surface area (TPSA) is 129 Å². The van der Waals surface area contributed by atoms with Crippen molar-refractivity contribution >= 4 is 34.8 Å². The van der Waals surface area contributed by atoms with Gasteiger partial charge in [-0.05, 0) is 54.6 Å². The highest BCUT2D eigenvalue weighted by atomic mass is 35.5. The van der Waals surface area contributed by atoms with Crippen molar-refractivity contribution in [1.29, 1.82) is 5.26 Å². The van der Waals surface area contributed by atoms with Crippen molar-refractivity contribution in [1.82, 2.24) is 9.97 Å². The minimum atomic E-state index is -0.594. The first-order valence-corrected chi connectivity index (χ1v) is 10.8. The third kappa shape index (κ3) is 4.64. The monoisotopic (exact) mass is 485 g/mol. The summed E-state index contributed by atoms with van der Waals surface area (Å²) in [7, 11) is 0. The lowest BCUT2D eigenvalue weighted by atomic mass is 10.1. The Kier molecular flexibility index (Phi) is 5.79. The minimum Gasteiger partial charge on any atom is -0.454 e. The van der Waals surface area contributed by atoms with Crippen molar-refractivity contribution in [3.05, 3.63) is 93.2 Å². The normalized spacial score (nSPS) is 11.5. The maximum Gasteiger partial charge on any atom is 0.270 e. The second kappa shape index (κ2) is 9.21. The molecule has 0 saturated heterocycles. The number of rotatable bonds is 5. The molecule has 9 nitrogen and oxygen atoms in total. The number of hydrogen-bond donors (Lipinski definition) is 3. The number of benzene rings is 3. The van der Waals surface area contributed by atoms with Crippen molar-refractivity contribution in [2.24, 2.45) is 0 Å². The van der Waals surface area contributed by atoms with E-state index in [9.17, 15) is 14.9 Å². The van der Waals surface area contributed by atoms with E-state index in [-0.39, 0.29) is 29.9 Å². The molecular weight excluding hydrogens is 470 g/mol. The molecule has 0 unspecified atom stereocenters. The summed E-state index contributed by atoms with van der Waals surface area (Å²) < 4.78 is 10.6. The molecule has 35 heavy (non-hydrogen) atoms. The summed E-state index contributed by atoms with van der Waals surface area (Å²) in [5, 5.41) is 15.9. The lowest BCUT2D eigenvalue weighted by Gasteiger charge is -2.11. The molecule has 3 N–H and O–H groups in total. The van der Waals surface area contributed by atoms with Gasteiger partial charge in [0.05, 0.1) is 5.69 Å². The van der Waals surface area contributed by atoms with Gasteiger partial charge in [0.25, 0.3) is 11.5 Å². The lowest BCUT2D eigenvalue weighted by molar-refractivity contribution is 0.102. The number of amides is 1. The van der Waals surface area contributed by atoms with Gasteiger partial charge in [0.15, 0.2) is 11.5 Å². The fourth-order valence-corrected chi connectivity index (χ4v) is 3.63. The van der Waals surface area contributed by atoms with E-state index in [0.717, 1.165) is 0 Å². The van der Waals surface area contributed by atoms with Crippen molar-refractivity contribution < 1.29 is 14.3 Å². The quantitative estimate of drug-likeness (QED) is 0.374. The smallest absolute Gasteiger partial charge is 0.270 e. The molecule has 0 saturated carbocycles. The Bertz CT molecular complexity index is 1540. The summed E-state index contributed by atoms with van der Waals surface area (Å²) in [5.74, 6) is 0.875. The fraction of sp³-hybridized carbons (Fsp3) is 0.0400. The van der Waals surface area contributed by atoms with Gasteiger partial charge in [0.2, 0.25) is 12.7 Å². The lowest BCUT2D eigenvalue weighted by Crippen LogP contribution is -2.16. The molecule has 0 bridgehead atoms. The van der Waals surface area contributed by atoms with Crippen LogP contribution in [-0.4, -0.2) is 22.7 Å². The molecular formula is C25H16ClN5O4. The number of fused-ring (bicyclic) bond motifs is 1. The molecule has 5 rings (SSSR count). The molecule has 3 aromatic carbocycles. The number of carbonyl (C=O) groups is 1. The summed E-state index contributed by atoms with van der Waals surface area (Å²) in [5.41, 5.74) is 1.42. The maximum absolute atomic E-state index is 12.8. The van der Waals surface area contributed by atoms with Crippen LogP contribution in [0.25, 0.3) is 11.3 Å². The number of carbonyl (C=O) groups excluding carboxylic acids is 1. The van der Waals surface area contributed by atoms with E-state index in [1.54, 1.807) is 66.7 Å². The van der Waals surface area contributed by atoms with E-state index in [2.05, 4.69) is 20.6 Å². The Hall–Kier alpha value is -4.81.